The Balaban J connectivity index is 1.53. The summed E-state index contributed by atoms with van der Waals surface area (Å²) in [7, 11) is 0. The zero-order chi connectivity index (χ0) is 21.1. The number of hydrogen-bond donors (Lipinski definition) is 0. The SMILES string of the molecule is O=C(c1ccc(Cl)cc1Cl)N1CCN([C@@H](c2ccccc2)c2ccc(F)cc2)CC1. The minimum absolute atomic E-state index is 0.00294. The molecule has 1 atom stereocenters. The Morgan fingerprint density at radius 1 is 0.833 bits per heavy atom. The van der Waals surface area contributed by atoms with Crippen molar-refractivity contribution in [3.8, 4) is 0 Å². The van der Waals surface area contributed by atoms with Crippen molar-refractivity contribution in [2.45, 2.75) is 6.04 Å². The van der Waals surface area contributed by atoms with Crippen LogP contribution in [-0.2, 0) is 0 Å². The second kappa shape index (κ2) is 9.17. The molecule has 3 aromatic rings. The van der Waals surface area contributed by atoms with Crippen LogP contribution in [0.15, 0.2) is 72.8 Å². The highest BCUT2D eigenvalue weighted by atomic mass is 35.5. The molecule has 0 aromatic heterocycles. The Labute approximate surface area is 185 Å². The summed E-state index contributed by atoms with van der Waals surface area (Å²) in [5.74, 6) is -0.338. The van der Waals surface area contributed by atoms with E-state index in [4.69, 9.17) is 23.2 Å². The van der Waals surface area contributed by atoms with E-state index in [2.05, 4.69) is 17.0 Å². The van der Waals surface area contributed by atoms with Crippen molar-refractivity contribution in [1.82, 2.24) is 9.80 Å². The van der Waals surface area contributed by atoms with E-state index >= 15 is 0 Å². The quantitative estimate of drug-likeness (QED) is 0.518. The summed E-state index contributed by atoms with van der Waals surface area (Å²) < 4.78 is 13.5. The molecule has 1 amide bonds. The van der Waals surface area contributed by atoms with Crippen LogP contribution in [0.25, 0.3) is 0 Å². The van der Waals surface area contributed by atoms with Gasteiger partial charge in [-0.3, -0.25) is 9.69 Å². The van der Waals surface area contributed by atoms with Crippen LogP contribution >= 0.6 is 23.2 Å². The first kappa shape index (κ1) is 20.9. The molecule has 6 heteroatoms. The number of hydrogen-bond acceptors (Lipinski definition) is 2. The molecule has 0 bridgehead atoms. The molecule has 1 fully saturated rings. The van der Waals surface area contributed by atoms with E-state index in [-0.39, 0.29) is 17.8 Å². The van der Waals surface area contributed by atoms with Crippen LogP contribution < -0.4 is 0 Å². The van der Waals surface area contributed by atoms with Crippen LogP contribution in [0, 0.1) is 5.82 Å². The van der Waals surface area contributed by atoms with Gasteiger partial charge in [-0.1, -0.05) is 65.7 Å². The number of piperazine rings is 1. The summed E-state index contributed by atoms with van der Waals surface area (Å²) in [4.78, 5) is 17.1. The molecule has 1 heterocycles. The minimum atomic E-state index is -0.249. The van der Waals surface area contributed by atoms with Gasteiger partial charge in [-0.25, -0.2) is 4.39 Å². The number of carbonyl (C=O) groups excluding carboxylic acids is 1. The molecule has 1 aliphatic heterocycles. The van der Waals surface area contributed by atoms with Gasteiger partial charge in [0.15, 0.2) is 0 Å². The molecule has 154 valence electrons. The first-order chi connectivity index (χ1) is 14.5. The number of amides is 1. The fraction of sp³-hybridized carbons (Fsp3) is 0.208. The van der Waals surface area contributed by atoms with Gasteiger partial charge in [0.05, 0.1) is 16.6 Å². The Morgan fingerprint density at radius 2 is 1.47 bits per heavy atom. The monoisotopic (exact) mass is 442 g/mol. The van der Waals surface area contributed by atoms with Gasteiger partial charge in [0.25, 0.3) is 5.91 Å². The van der Waals surface area contributed by atoms with Gasteiger partial charge in [-0.05, 0) is 41.5 Å². The number of halogens is 3. The molecule has 4 rings (SSSR count). The first-order valence-corrected chi connectivity index (χ1v) is 10.6. The molecule has 0 aliphatic carbocycles. The van der Waals surface area contributed by atoms with E-state index < -0.39 is 0 Å². The average molecular weight is 443 g/mol. The molecule has 3 nitrogen and oxygen atoms in total. The van der Waals surface area contributed by atoms with Gasteiger partial charge in [0, 0.05) is 31.2 Å². The Bertz CT molecular complexity index is 1020. The fourth-order valence-corrected chi connectivity index (χ4v) is 4.40. The summed E-state index contributed by atoms with van der Waals surface area (Å²) in [5, 5.41) is 0.870. The normalized spacial score (nSPS) is 15.8. The number of rotatable bonds is 4. The Kier molecular flexibility index (Phi) is 6.38. The maximum atomic E-state index is 13.5. The highest BCUT2D eigenvalue weighted by Gasteiger charge is 2.29. The van der Waals surface area contributed by atoms with Crippen LogP contribution in [0.1, 0.15) is 27.5 Å². The van der Waals surface area contributed by atoms with Crippen LogP contribution in [0.4, 0.5) is 4.39 Å². The fourth-order valence-electron chi connectivity index (χ4n) is 3.91. The summed E-state index contributed by atoms with van der Waals surface area (Å²) in [5.41, 5.74) is 2.64. The highest BCUT2D eigenvalue weighted by Crippen LogP contribution is 2.30. The number of carbonyl (C=O) groups is 1. The lowest BCUT2D eigenvalue weighted by Gasteiger charge is -2.40. The number of benzene rings is 3. The molecular weight excluding hydrogens is 422 g/mol. The van der Waals surface area contributed by atoms with Gasteiger partial charge in [-0.15, -0.1) is 0 Å². The first-order valence-electron chi connectivity index (χ1n) is 9.82. The van der Waals surface area contributed by atoms with Gasteiger partial charge in [-0.2, -0.15) is 0 Å². The molecule has 0 radical (unpaired) electrons. The lowest BCUT2D eigenvalue weighted by molar-refractivity contribution is 0.0597. The molecule has 30 heavy (non-hydrogen) atoms. The maximum absolute atomic E-state index is 13.5. The van der Waals surface area contributed by atoms with Crippen LogP contribution in [0.2, 0.25) is 10.0 Å². The summed E-state index contributed by atoms with van der Waals surface area (Å²) in [6.45, 7) is 2.58. The summed E-state index contributed by atoms with van der Waals surface area (Å²) in [6.07, 6.45) is 0. The van der Waals surface area contributed by atoms with E-state index in [1.165, 1.54) is 12.1 Å². The van der Waals surface area contributed by atoms with Gasteiger partial charge in [0.1, 0.15) is 5.82 Å². The molecule has 1 saturated heterocycles. The van der Waals surface area contributed by atoms with Crippen molar-refractivity contribution in [1.29, 1.82) is 0 Å². The van der Waals surface area contributed by atoms with Crippen molar-refractivity contribution in [2.75, 3.05) is 26.2 Å². The average Bonchev–Trinajstić information content (AvgIpc) is 2.76. The van der Waals surface area contributed by atoms with Gasteiger partial charge in [0.2, 0.25) is 0 Å². The third-order valence-corrected chi connectivity index (χ3v) is 5.98. The molecule has 0 spiro atoms. The smallest absolute Gasteiger partial charge is 0.255 e. The van der Waals surface area contributed by atoms with Crippen molar-refractivity contribution in [3.63, 3.8) is 0 Å². The summed E-state index contributed by atoms with van der Waals surface area (Å²) >= 11 is 12.2. The Hall–Kier alpha value is -2.40. The van der Waals surface area contributed by atoms with E-state index in [1.807, 2.05) is 35.2 Å². The second-order valence-corrected chi connectivity index (χ2v) is 8.16. The van der Waals surface area contributed by atoms with Crippen LogP contribution in [-0.4, -0.2) is 41.9 Å². The number of nitrogens with zero attached hydrogens (tertiary/aromatic N) is 2. The van der Waals surface area contributed by atoms with Gasteiger partial charge < -0.3 is 4.90 Å². The second-order valence-electron chi connectivity index (χ2n) is 7.32. The predicted octanol–water partition coefficient (Wildman–Crippen LogP) is 5.68. The van der Waals surface area contributed by atoms with Crippen molar-refractivity contribution >= 4 is 29.1 Å². The minimum Gasteiger partial charge on any atom is -0.336 e. The van der Waals surface area contributed by atoms with E-state index in [1.54, 1.807) is 18.2 Å². The lowest BCUT2D eigenvalue weighted by atomic mass is 9.96. The van der Waals surface area contributed by atoms with Crippen molar-refractivity contribution < 1.29 is 9.18 Å². The molecule has 0 unspecified atom stereocenters. The van der Waals surface area contributed by atoms with E-state index in [0.29, 0.717) is 41.8 Å². The molecule has 3 aromatic carbocycles. The molecule has 1 aliphatic rings. The Morgan fingerprint density at radius 3 is 2.10 bits per heavy atom. The van der Waals surface area contributed by atoms with Crippen LogP contribution in [0.5, 0.6) is 0 Å². The van der Waals surface area contributed by atoms with Crippen molar-refractivity contribution in [2.24, 2.45) is 0 Å². The zero-order valence-electron chi connectivity index (χ0n) is 16.3. The standard InChI is InChI=1S/C24H21Cl2FN2O/c25-19-8-11-21(22(26)16-19)24(30)29-14-12-28(13-15-29)23(17-4-2-1-3-5-17)18-6-9-20(27)10-7-18/h1-11,16,23H,12-15H2/t23-/m0/s1. The molecule has 0 N–H and O–H groups in total. The van der Waals surface area contributed by atoms with Crippen LogP contribution in [0.3, 0.4) is 0 Å². The summed E-state index contributed by atoms with van der Waals surface area (Å²) in [6, 6.07) is 21.8. The maximum Gasteiger partial charge on any atom is 0.255 e. The topological polar surface area (TPSA) is 23.6 Å². The van der Waals surface area contributed by atoms with Gasteiger partial charge >= 0.3 is 0 Å². The lowest BCUT2D eigenvalue weighted by Crippen LogP contribution is -2.49. The van der Waals surface area contributed by atoms with E-state index in [0.717, 1.165) is 11.1 Å². The van der Waals surface area contributed by atoms with Crippen molar-refractivity contribution in [3.05, 3.63) is 105 Å². The third kappa shape index (κ3) is 4.51. The highest BCUT2D eigenvalue weighted by molar-refractivity contribution is 6.36. The zero-order valence-corrected chi connectivity index (χ0v) is 17.8. The molecule has 0 saturated carbocycles. The van der Waals surface area contributed by atoms with E-state index in [9.17, 15) is 9.18 Å². The third-order valence-electron chi connectivity index (χ3n) is 5.43. The molecular formula is C24H21Cl2FN2O. The predicted molar refractivity (Wildman–Crippen MR) is 119 cm³/mol. The largest absolute Gasteiger partial charge is 0.336 e.